The number of likely N-dealkylation sites (N-methyl/N-ethyl adjacent to an activating group) is 1. The molecule has 0 saturated heterocycles. The Morgan fingerprint density at radius 3 is 2.46 bits per heavy atom. The number of anilines is 1. The molecule has 0 unspecified atom stereocenters. The lowest BCUT2D eigenvalue weighted by Gasteiger charge is -2.36. The zero-order valence-corrected chi connectivity index (χ0v) is 27.9. The zero-order chi connectivity index (χ0) is 33.1. The van der Waals surface area contributed by atoms with Gasteiger partial charge in [0.15, 0.2) is 0 Å². The van der Waals surface area contributed by atoms with Crippen molar-refractivity contribution >= 4 is 23.5 Å². The van der Waals surface area contributed by atoms with E-state index in [-0.39, 0.29) is 55.2 Å². The number of hydrogen-bond donors (Lipinski definition) is 3. The van der Waals surface area contributed by atoms with Crippen LogP contribution in [0.4, 0.5) is 10.5 Å². The highest BCUT2D eigenvalue weighted by atomic mass is 16.5. The van der Waals surface area contributed by atoms with Crippen molar-refractivity contribution in [1.82, 2.24) is 15.1 Å². The van der Waals surface area contributed by atoms with Gasteiger partial charge in [0.1, 0.15) is 5.75 Å². The van der Waals surface area contributed by atoms with Crippen molar-refractivity contribution in [3.8, 4) is 5.75 Å². The second kappa shape index (κ2) is 17.3. The fourth-order valence-electron chi connectivity index (χ4n) is 6.22. The number of carbonyl (C=O) groups excluding carboxylic acids is 3. The lowest BCUT2D eigenvalue weighted by Crippen LogP contribution is -2.48. The van der Waals surface area contributed by atoms with E-state index in [0.717, 1.165) is 44.9 Å². The van der Waals surface area contributed by atoms with Crippen molar-refractivity contribution in [2.24, 2.45) is 5.92 Å². The minimum absolute atomic E-state index is 0.0973. The number of hydrogen-bond acceptors (Lipinski definition) is 6. The monoisotopic (exact) mass is 636 g/mol. The van der Waals surface area contributed by atoms with E-state index in [9.17, 15) is 19.5 Å². The van der Waals surface area contributed by atoms with Gasteiger partial charge in [-0.25, -0.2) is 4.79 Å². The van der Waals surface area contributed by atoms with Crippen LogP contribution >= 0.6 is 0 Å². The minimum Gasteiger partial charge on any atom is -0.490 e. The summed E-state index contributed by atoms with van der Waals surface area (Å²) >= 11 is 0. The molecule has 4 atom stereocenters. The lowest BCUT2D eigenvalue weighted by molar-refractivity contribution is -0.0149. The summed E-state index contributed by atoms with van der Waals surface area (Å²) in [5, 5.41) is 16.2. The third kappa shape index (κ3) is 9.93. The highest BCUT2D eigenvalue weighted by Gasteiger charge is 2.31. The van der Waals surface area contributed by atoms with Gasteiger partial charge in [-0.15, -0.1) is 0 Å². The molecule has 0 aromatic heterocycles. The van der Waals surface area contributed by atoms with Crippen molar-refractivity contribution < 1.29 is 29.0 Å². The van der Waals surface area contributed by atoms with Crippen LogP contribution in [0.3, 0.4) is 0 Å². The Morgan fingerprint density at radius 1 is 1.02 bits per heavy atom. The van der Waals surface area contributed by atoms with Crippen molar-refractivity contribution in [2.75, 3.05) is 38.7 Å². The summed E-state index contributed by atoms with van der Waals surface area (Å²) in [5.41, 5.74) is 1.41. The smallest absolute Gasteiger partial charge is 0.319 e. The summed E-state index contributed by atoms with van der Waals surface area (Å²) in [6, 6.07) is 13.7. The summed E-state index contributed by atoms with van der Waals surface area (Å²) in [5.74, 6) is -0.134. The first-order valence-corrected chi connectivity index (χ1v) is 16.9. The maximum absolute atomic E-state index is 14.3. The Hall–Kier alpha value is -3.63. The molecule has 3 N–H and O–H groups in total. The van der Waals surface area contributed by atoms with Gasteiger partial charge >= 0.3 is 6.03 Å². The summed E-state index contributed by atoms with van der Waals surface area (Å²) in [4.78, 5) is 43.7. The summed E-state index contributed by atoms with van der Waals surface area (Å²) < 4.78 is 12.7. The molecule has 0 spiro atoms. The molecule has 252 valence electrons. The SMILES string of the molecule is C[C@H]1CCCCO[C@@H](CN(C)C(=O)c2ccccc2)[C@@H](C)CN([C@@H](C)CO)C(=O)c2cc(NC(=O)NC3CCCCC3)ccc2O1. The van der Waals surface area contributed by atoms with Crippen molar-refractivity contribution in [2.45, 2.75) is 96.4 Å². The van der Waals surface area contributed by atoms with Gasteiger partial charge in [-0.3, -0.25) is 9.59 Å². The van der Waals surface area contributed by atoms with Crippen LogP contribution in [0.15, 0.2) is 48.5 Å². The number of ether oxygens (including phenoxy) is 2. The number of benzene rings is 2. The molecular weight excluding hydrogens is 584 g/mol. The van der Waals surface area contributed by atoms with E-state index in [0.29, 0.717) is 35.7 Å². The van der Waals surface area contributed by atoms with Crippen LogP contribution in [0.2, 0.25) is 0 Å². The summed E-state index contributed by atoms with van der Waals surface area (Å²) in [6.07, 6.45) is 7.32. The lowest BCUT2D eigenvalue weighted by atomic mass is 9.96. The number of aliphatic hydroxyl groups is 1. The Labute approximate surface area is 273 Å². The van der Waals surface area contributed by atoms with Crippen LogP contribution in [0.1, 0.15) is 92.9 Å². The molecule has 1 aliphatic carbocycles. The molecule has 1 saturated carbocycles. The van der Waals surface area contributed by atoms with E-state index in [1.54, 1.807) is 54.1 Å². The third-order valence-electron chi connectivity index (χ3n) is 9.07. The Balaban J connectivity index is 1.58. The van der Waals surface area contributed by atoms with Crippen LogP contribution in [0.25, 0.3) is 0 Å². The first-order valence-electron chi connectivity index (χ1n) is 16.9. The van der Waals surface area contributed by atoms with Gasteiger partial charge in [-0.05, 0) is 76.3 Å². The molecule has 10 heteroatoms. The number of nitrogens with zero attached hydrogens (tertiary/aromatic N) is 2. The van der Waals surface area contributed by atoms with Crippen LogP contribution in [0.5, 0.6) is 5.75 Å². The van der Waals surface area contributed by atoms with Gasteiger partial charge in [-0.1, -0.05) is 44.4 Å². The van der Waals surface area contributed by atoms with Gasteiger partial charge in [-0.2, -0.15) is 0 Å². The van der Waals surface area contributed by atoms with Gasteiger partial charge in [0, 0.05) is 50.0 Å². The zero-order valence-electron chi connectivity index (χ0n) is 27.9. The Morgan fingerprint density at radius 2 is 1.74 bits per heavy atom. The molecule has 4 rings (SSSR count). The summed E-state index contributed by atoms with van der Waals surface area (Å²) in [6.45, 7) is 6.72. The highest BCUT2D eigenvalue weighted by molar-refractivity contribution is 5.99. The molecule has 46 heavy (non-hydrogen) atoms. The van der Waals surface area contributed by atoms with Gasteiger partial charge in [0.2, 0.25) is 0 Å². The number of fused-ring (bicyclic) bond motifs is 1. The van der Waals surface area contributed by atoms with E-state index in [4.69, 9.17) is 9.47 Å². The van der Waals surface area contributed by atoms with E-state index < -0.39 is 6.04 Å². The molecular formula is C36H52N4O6. The molecule has 1 heterocycles. The molecule has 2 aliphatic rings. The quantitative estimate of drug-likeness (QED) is 0.358. The average Bonchev–Trinajstić information content (AvgIpc) is 3.06. The number of urea groups is 1. The fraction of sp³-hybridized carbons (Fsp3) is 0.583. The predicted octanol–water partition coefficient (Wildman–Crippen LogP) is 5.71. The minimum atomic E-state index is -0.497. The van der Waals surface area contributed by atoms with Crippen LogP contribution in [0, 0.1) is 5.92 Å². The van der Waals surface area contributed by atoms with E-state index >= 15 is 0 Å². The largest absolute Gasteiger partial charge is 0.490 e. The molecule has 0 radical (unpaired) electrons. The van der Waals surface area contributed by atoms with Gasteiger partial charge < -0.3 is 35.0 Å². The third-order valence-corrected chi connectivity index (χ3v) is 9.07. The van der Waals surface area contributed by atoms with E-state index in [1.807, 2.05) is 32.0 Å². The predicted molar refractivity (Wildman–Crippen MR) is 179 cm³/mol. The number of nitrogens with one attached hydrogen (secondary N) is 2. The molecule has 4 amide bonds. The molecule has 1 aliphatic heterocycles. The van der Waals surface area contributed by atoms with Crippen LogP contribution < -0.4 is 15.4 Å². The highest BCUT2D eigenvalue weighted by Crippen LogP contribution is 2.29. The second-order valence-corrected chi connectivity index (χ2v) is 13.0. The Kier molecular flexibility index (Phi) is 13.3. The van der Waals surface area contributed by atoms with Gasteiger partial charge in [0.05, 0.1) is 30.4 Å². The Bertz CT molecular complexity index is 1280. The first-order chi connectivity index (χ1) is 22.2. The van der Waals surface area contributed by atoms with Gasteiger partial charge in [0.25, 0.3) is 11.8 Å². The van der Waals surface area contributed by atoms with Crippen LogP contribution in [-0.2, 0) is 4.74 Å². The number of amides is 4. The van der Waals surface area contributed by atoms with Crippen LogP contribution in [-0.4, -0.2) is 90.4 Å². The number of rotatable bonds is 7. The van der Waals surface area contributed by atoms with Crippen molar-refractivity contribution in [3.63, 3.8) is 0 Å². The molecule has 2 aromatic carbocycles. The average molecular weight is 637 g/mol. The molecule has 1 fully saturated rings. The molecule has 2 aromatic rings. The van der Waals surface area contributed by atoms with Crippen molar-refractivity contribution in [3.05, 3.63) is 59.7 Å². The van der Waals surface area contributed by atoms with E-state index in [2.05, 4.69) is 10.6 Å². The number of aliphatic hydroxyl groups excluding tert-OH is 1. The fourth-order valence-corrected chi connectivity index (χ4v) is 6.22. The topological polar surface area (TPSA) is 120 Å². The second-order valence-electron chi connectivity index (χ2n) is 13.0. The maximum atomic E-state index is 14.3. The number of carbonyl (C=O) groups is 3. The maximum Gasteiger partial charge on any atom is 0.319 e. The standard InChI is InChI=1S/C36H52N4O6/c1-25-22-40(26(2)24-41)35(43)31-21-30(38-36(44)37-29-16-9-6-10-17-29)18-19-32(31)46-27(3)13-11-12-20-45-33(25)23-39(4)34(42)28-14-7-5-8-15-28/h5,7-8,14-15,18-19,21,25-27,29,33,41H,6,9-13,16-17,20,22-24H2,1-4H3,(H2,37,38,44)/t25-,26-,27-,33-/m0/s1. The normalized spacial score (nSPS) is 22.5. The van der Waals surface area contributed by atoms with E-state index in [1.165, 1.54) is 6.42 Å². The summed E-state index contributed by atoms with van der Waals surface area (Å²) in [7, 11) is 1.77. The molecule has 0 bridgehead atoms. The molecule has 10 nitrogen and oxygen atoms in total. The first kappa shape index (κ1) is 35.2. The van der Waals surface area contributed by atoms with Crippen molar-refractivity contribution in [1.29, 1.82) is 0 Å².